The SMILES string of the molecule is CC(C)(C)OC(=O)N1CC/C(=C\CCN)C1. The van der Waals surface area contributed by atoms with Gasteiger partial charge in [-0.2, -0.15) is 0 Å². The molecule has 2 N–H and O–H groups in total. The van der Waals surface area contributed by atoms with Gasteiger partial charge in [0.1, 0.15) is 5.60 Å². The Kier molecular flexibility index (Phi) is 4.35. The number of nitrogens with two attached hydrogens (primary N) is 1. The number of hydrogen-bond acceptors (Lipinski definition) is 3. The Labute approximate surface area is 97.4 Å². The van der Waals surface area contributed by atoms with Crippen molar-refractivity contribution in [2.45, 2.75) is 39.2 Å². The number of likely N-dealkylation sites (tertiary alicyclic amines) is 1. The van der Waals surface area contributed by atoms with Gasteiger partial charge in [0.15, 0.2) is 0 Å². The highest BCUT2D eigenvalue weighted by atomic mass is 16.6. The molecule has 0 spiro atoms. The first kappa shape index (κ1) is 13.0. The normalized spacial score (nSPS) is 19.2. The second-order valence-corrected chi connectivity index (χ2v) is 5.09. The molecule has 0 atom stereocenters. The Morgan fingerprint density at radius 1 is 1.56 bits per heavy atom. The van der Waals surface area contributed by atoms with Crippen molar-refractivity contribution >= 4 is 6.09 Å². The summed E-state index contributed by atoms with van der Waals surface area (Å²) in [6.45, 7) is 7.75. The first-order valence-corrected chi connectivity index (χ1v) is 5.78. The van der Waals surface area contributed by atoms with Crippen LogP contribution in [0.25, 0.3) is 0 Å². The Morgan fingerprint density at radius 3 is 2.81 bits per heavy atom. The van der Waals surface area contributed by atoms with Crippen molar-refractivity contribution in [1.29, 1.82) is 0 Å². The summed E-state index contributed by atoms with van der Waals surface area (Å²) < 4.78 is 5.31. The number of rotatable bonds is 2. The number of ether oxygens (including phenoxy) is 1. The lowest BCUT2D eigenvalue weighted by atomic mass is 10.2. The van der Waals surface area contributed by atoms with Crippen molar-refractivity contribution < 1.29 is 9.53 Å². The van der Waals surface area contributed by atoms with Crippen LogP contribution in [0.2, 0.25) is 0 Å². The molecule has 0 aromatic rings. The van der Waals surface area contributed by atoms with Crippen LogP contribution in [-0.4, -0.2) is 36.2 Å². The van der Waals surface area contributed by atoms with Crippen LogP contribution < -0.4 is 5.73 Å². The lowest BCUT2D eigenvalue weighted by Crippen LogP contribution is -2.34. The van der Waals surface area contributed by atoms with E-state index in [4.69, 9.17) is 10.5 Å². The Hall–Kier alpha value is -1.03. The summed E-state index contributed by atoms with van der Waals surface area (Å²) in [5.41, 5.74) is 6.31. The molecule has 0 aliphatic carbocycles. The molecular weight excluding hydrogens is 204 g/mol. The van der Waals surface area contributed by atoms with E-state index in [2.05, 4.69) is 6.08 Å². The van der Waals surface area contributed by atoms with E-state index < -0.39 is 5.60 Å². The highest BCUT2D eigenvalue weighted by molar-refractivity contribution is 5.69. The Bertz CT molecular complexity index is 279. The Morgan fingerprint density at radius 2 is 2.25 bits per heavy atom. The number of carbonyl (C=O) groups excluding carboxylic acids is 1. The van der Waals surface area contributed by atoms with E-state index in [0.29, 0.717) is 13.1 Å². The zero-order valence-corrected chi connectivity index (χ0v) is 10.5. The van der Waals surface area contributed by atoms with Gasteiger partial charge in [-0.25, -0.2) is 4.79 Å². The van der Waals surface area contributed by atoms with Gasteiger partial charge in [-0.15, -0.1) is 0 Å². The molecule has 1 fully saturated rings. The molecule has 92 valence electrons. The van der Waals surface area contributed by atoms with Crippen LogP contribution in [-0.2, 0) is 4.74 Å². The topological polar surface area (TPSA) is 55.6 Å². The summed E-state index contributed by atoms with van der Waals surface area (Å²) in [7, 11) is 0. The van der Waals surface area contributed by atoms with Crippen LogP contribution in [0, 0.1) is 0 Å². The van der Waals surface area contributed by atoms with Crippen molar-refractivity contribution in [2.24, 2.45) is 5.73 Å². The second kappa shape index (κ2) is 5.34. The van der Waals surface area contributed by atoms with Gasteiger partial charge >= 0.3 is 6.09 Å². The quantitative estimate of drug-likeness (QED) is 0.732. The number of nitrogens with zero attached hydrogens (tertiary/aromatic N) is 1. The first-order chi connectivity index (χ1) is 7.42. The highest BCUT2D eigenvalue weighted by Gasteiger charge is 2.26. The third-order valence-corrected chi connectivity index (χ3v) is 2.35. The average molecular weight is 226 g/mol. The van der Waals surface area contributed by atoms with Crippen LogP contribution >= 0.6 is 0 Å². The molecule has 4 heteroatoms. The summed E-state index contributed by atoms with van der Waals surface area (Å²) in [4.78, 5) is 13.5. The molecule has 0 saturated carbocycles. The van der Waals surface area contributed by atoms with Crippen molar-refractivity contribution in [3.05, 3.63) is 11.6 Å². The molecule has 1 rings (SSSR count). The fraction of sp³-hybridized carbons (Fsp3) is 0.750. The van der Waals surface area contributed by atoms with E-state index in [0.717, 1.165) is 19.4 Å². The third-order valence-electron chi connectivity index (χ3n) is 2.35. The minimum atomic E-state index is -0.416. The molecule has 1 amide bonds. The van der Waals surface area contributed by atoms with Gasteiger partial charge in [-0.05, 0) is 40.2 Å². The standard InChI is InChI=1S/C12H22N2O2/c1-12(2,3)16-11(15)14-8-6-10(9-14)5-4-7-13/h5H,4,6-9,13H2,1-3H3/b10-5+. The maximum atomic E-state index is 11.7. The highest BCUT2D eigenvalue weighted by Crippen LogP contribution is 2.18. The van der Waals surface area contributed by atoms with Crippen molar-refractivity contribution in [3.8, 4) is 0 Å². The van der Waals surface area contributed by atoms with E-state index in [9.17, 15) is 4.79 Å². The third kappa shape index (κ3) is 4.23. The van der Waals surface area contributed by atoms with Gasteiger partial charge in [0, 0.05) is 13.1 Å². The van der Waals surface area contributed by atoms with Gasteiger partial charge in [0.05, 0.1) is 0 Å². The first-order valence-electron chi connectivity index (χ1n) is 5.78. The minimum absolute atomic E-state index is 0.219. The van der Waals surface area contributed by atoms with Gasteiger partial charge < -0.3 is 15.4 Å². The van der Waals surface area contributed by atoms with Gasteiger partial charge in [-0.1, -0.05) is 11.6 Å². The van der Waals surface area contributed by atoms with Gasteiger partial charge in [0.25, 0.3) is 0 Å². The van der Waals surface area contributed by atoms with E-state index >= 15 is 0 Å². The fourth-order valence-corrected chi connectivity index (χ4v) is 1.62. The molecule has 1 saturated heterocycles. The number of amides is 1. The summed E-state index contributed by atoms with van der Waals surface area (Å²) >= 11 is 0. The lowest BCUT2D eigenvalue weighted by Gasteiger charge is -2.23. The number of carbonyl (C=O) groups is 1. The molecule has 0 aromatic carbocycles. The maximum absolute atomic E-state index is 11.7. The molecule has 1 heterocycles. The van der Waals surface area contributed by atoms with Gasteiger partial charge in [-0.3, -0.25) is 0 Å². The zero-order valence-electron chi connectivity index (χ0n) is 10.5. The summed E-state index contributed by atoms with van der Waals surface area (Å²) in [5.74, 6) is 0. The summed E-state index contributed by atoms with van der Waals surface area (Å²) in [5, 5.41) is 0. The monoisotopic (exact) mass is 226 g/mol. The van der Waals surface area contributed by atoms with Crippen LogP contribution in [0.15, 0.2) is 11.6 Å². The maximum Gasteiger partial charge on any atom is 0.410 e. The minimum Gasteiger partial charge on any atom is -0.444 e. The summed E-state index contributed by atoms with van der Waals surface area (Å²) in [6, 6.07) is 0. The van der Waals surface area contributed by atoms with Crippen molar-refractivity contribution in [3.63, 3.8) is 0 Å². The lowest BCUT2D eigenvalue weighted by molar-refractivity contribution is 0.0299. The van der Waals surface area contributed by atoms with Crippen molar-refractivity contribution in [1.82, 2.24) is 4.90 Å². The van der Waals surface area contributed by atoms with Crippen LogP contribution in [0.1, 0.15) is 33.6 Å². The predicted molar refractivity (Wildman–Crippen MR) is 64.2 cm³/mol. The van der Waals surface area contributed by atoms with E-state index in [1.54, 1.807) is 4.90 Å². The molecule has 1 aliphatic heterocycles. The molecule has 4 nitrogen and oxygen atoms in total. The zero-order chi connectivity index (χ0) is 12.2. The van der Waals surface area contributed by atoms with Gasteiger partial charge in [0.2, 0.25) is 0 Å². The molecule has 0 unspecified atom stereocenters. The van der Waals surface area contributed by atoms with E-state index in [-0.39, 0.29) is 6.09 Å². The molecule has 0 bridgehead atoms. The fourth-order valence-electron chi connectivity index (χ4n) is 1.62. The van der Waals surface area contributed by atoms with E-state index in [1.165, 1.54) is 5.57 Å². The molecule has 0 aromatic heterocycles. The Balaban J connectivity index is 2.44. The smallest absolute Gasteiger partial charge is 0.410 e. The van der Waals surface area contributed by atoms with Crippen LogP contribution in [0.5, 0.6) is 0 Å². The molecule has 16 heavy (non-hydrogen) atoms. The number of hydrogen-bond donors (Lipinski definition) is 1. The molecule has 1 aliphatic rings. The molecular formula is C12H22N2O2. The van der Waals surface area contributed by atoms with Crippen LogP contribution in [0.4, 0.5) is 4.79 Å². The van der Waals surface area contributed by atoms with E-state index in [1.807, 2.05) is 20.8 Å². The summed E-state index contributed by atoms with van der Waals surface area (Å²) in [6.07, 6.45) is 3.74. The van der Waals surface area contributed by atoms with Crippen LogP contribution in [0.3, 0.4) is 0 Å². The van der Waals surface area contributed by atoms with Crippen molar-refractivity contribution in [2.75, 3.05) is 19.6 Å². The molecule has 0 radical (unpaired) electrons. The average Bonchev–Trinajstić information content (AvgIpc) is 2.60. The predicted octanol–water partition coefficient (Wildman–Crippen LogP) is 1.90. The largest absolute Gasteiger partial charge is 0.444 e. The second-order valence-electron chi connectivity index (χ2n) is 5.09.